The predicted octanol–water partition coefficient (Wildman–Crippen LogP) is 4.98. The number of carbonyl (C=O) groups is 2. The van der Waals surface area contributed by atoms with Gasteiger partial charge in [-0.25, -0.2) is 14.6 Å². The number of benzene rings is 2. The second-order valence-corrected chi connectivity index (χ2v) is 6.84. The maximum Gasteiger partial charge on any atom is 0.354 e. The van der Waals surface area contributed by atoms with Crippen LogP contribution in [0, 0.1) is 0 Å². The van der Waals surface area contributed by atoms with Crippen LogP contribution in [0.5, 0.6) is 0 Å². The summed E-state index contributed by atoms with van der Waals surface area (Å²) in [6.45, 7) is 2.29. The van der Waals surface area contributed by atoms with Gasteiger partial charge in [-0.1, -0.05) is 53.5 Å². The van der Waals surface area contributed by atoms with Gasteiger partial charge in [0, 0.05) is 28.5 Å². The molecule has 3 rings (SSSR count). The van der Waals surface area contributed by atoms with Gasteiger partial charge in [0.15, 0.2) is 5.69 Å². The summed E-state index contributed by atoms with van der Waals surface area (Å²) in [6, 6.07) is 13.3. The highest BCUT2D eigenvalue weighted by Crippen LogP contribution is 2.26. The standard InChI is InChI=1S/C20H17Cl2N3O3/c1-2-25(20(28)23-11-13-7-8-14(21)10-16(13)22)18-15-6-4-3-5-12(15)9-17(24-18)19(26)27/h3-10H,2,11H2,1H3,(H,23,28)(H,26,27). The Kier molecular flexibility index (Phi) is 6.02. The second-order valence-electron chi connectivity index (χ2n) is 6.00. The van der Waals surface area contributed by atoms with Crippen LogP contribution in [-0.4, -0.2) is 28.6 Å². The third-order valence-corrected chi connectivity index (χ3v) is 4.79. The van der Waals surface area contributed by atoms with Gasteiger partial charge in [-0.05, 0) is 36.1 Å². The molecule has 0 unspecified atom stereocenters. The van der Waals surface area contributed by atoms with Crippen LogP contribution >= 0.6 is 23.2 Å². The number of amides is 2. The Morgan fingerprint density at radius 1 is 1.14 bits per heavy atom. The molecule has 0 spiro atoms. The molecule has 1 aromatic heterocycles. The number of nitrogens with one attached hydrogen (secondary N) is 1. The number of halogens is 2. The molecule has 28 heavy (non-hydrogen) atoms. The first-order valence-corrected chi connectivity index (χ1v) is 9.28. The average molecular weight is 418 g/mol. The molecule has 0 aliphatic heterocycles. The zero-order chi connectivity index (χ0) is 20.3. The molecule has 0 radical (unpaired) electrons. The van der Waals surface area contributed by atoms with Crippen molar-refractivity contribution in [3.8, 4) is 0 Å². The Morgan fingerprint density at radius 2 is 1.89 bits per heavy atom. The van der Waals surface area contributed by atoms with Gasteiger partial charge in [0.25, 0.3) is 0 Å². The third kappa shape index (κ3) is 4.18. The number of carbonyl (C=O) groups excluding carboxylic acids is 1. The third-order valence-electron chi connectivity index (χ3n) is 4.20. The molecule has 0 fully saturated rings. The number of anilines is 1. The van der Waals surface area contributed by atoms with Crippen LogP contribution in [0.2, 0.25) is 10.0 Å². The summed E-state index contributed by atoms with van der Waals surface area (Å²) in [5.41, 5.74) is 0.591. The molecule has 3 aromatic rings. The van der Waals surface area contributed by atoms with Crippen molar-refractivity contribution in [2.75, 3.05) is 11.4 Å². The summed E-state index contributed by atoms with van der Waals surface area (Å²) in [6.07, 6.45) is 0. The number of fused-ring (bicyclic) bond motifs is 1. The first kappa shape index (κ1) is 19.9. The molecule has 0 atom stereocenters. The van der Waals surface area contributed by atoms with Gasteiger partial charge in [0.05, 0.1) is 0 Å². The predicted molar refractivity (Wildman–Crippen MR) is 110 cm³/mol. The number of rotatable bonds is 5. The smallest absolute Gasteiger partial charge is 0.354 e. The number of hydrogen-bond acceptors (Lipinski definition) is 3. The average Bonchev–Trinajstić information content (AvgIpc) is 2.67. The van der Waals surface area contributed by atoms with E-state index in [-0.39, 0.29) is 18.1 Å². The van der Waals surface area contributed by atoms with Crippen LogP contribution in [-0.2, 0) is 6.54 Å². The molecule has 144 valence electrons. The molecule has 8 heteroatoms. The topological polar surface area (TPSA) is 82.5 Å². The lowest BCUT2D eigenvalue weighted by Crippen LogP contribution is -2.40. The van der Waals surface area contributed by atoms with Gasteiger partial charge in [-0.15, -0.1) is 0 Å². The van der Waals surface area contributed by atoms with Crippen LogP contribution in [0.25, 0.3) is 10.8 Å². The van der Waals surface area contributed by atoms with E-state index in [0.717, 1.165) is 0 Å². The van der Waals surface area contributed by atoms with Crippen molar-refractivity contribution in [1.82, 2.24) is 10.3 Å². The zero-order valence-electron chi connectivity index (χ0n) is 14.9. The highest BCUT2D eigenvalue weighted by Gasteiger charge is 2.20. The summed E-state index contributed by atoms with van der Waals surface area (Å²) in [4.78, 5) is 29.9. The number of pyridine rings is 1. The van der Waals surface area contributed by atoms with E-state index in [9.17, 15) is 14.7 Å². The molecule has 0 saturated carbocycles. The van der Waals surface area contributed by atoms with E-state index in [1.54, 1.807) is 43.3 Å². The number of hydrogen-bond donors (Lipinski definition) is 2. The molecule has 1 heterocycles. The molecular formula is C20H17Cl2N3O3. The van der Waals surface area contributed by atoms with E-state index in [1.165, 1.54) is 11.0 Å². The minimum atomic E-state index is -1.16. The number of aromatic nitrogens is 1. The van der Waals surface area contributed by atoms with Crippen molar-refractivity contribution in [1.29, 1.82) is 0 Å². The van der Waals surface area contributed by atoms with Gasteiger partial charge < -0.3 is 10.4 Å². The molecule has 2 aromatic carbocycles. The summed E-state index contributed by atoms with van der Waals surface area (Å²) >= 11 is 12.0. The van der Waals surface area contributed by atoms with Crippen molar-refractivity contribution in [2.45, 2.75) is 13.5 Å². The summed E-state index contributed by atoms with van der Waals surface area (Å²) in [5, 5.41) is 14.5. The van der Waals surface area contributed by atoms with E-state index in [0.29, 0.717) is 32.9 Å². The Morgan fingerprint density at radius 3 is 2.57 bits per heavy atom. The van der Waals surface area contributed by atoms with E-state index < -0.39 is 12.0 Å². The molecule has 0 bridgehead atoms. The molecule has 0 aliphatic carbocycles. The van der Waals surface area contributed by atoms with Gasteiger partial charge in [0.1, 0.15) is 5.82 Å². The van der Waals surface area contributed by atoms with Crippen LogP contribution in [0.3, 0.4) is 0 Å². The second kappa shape index (κ2) is 8.46. The minimum absolute atomic E-state index is 0.124. The Labute approximate surface area is 171 Å². The van der Waals surface area contributed by atoms with Gasteiger partial charge >= 0.3 is 12.0 Å². The van der Waals surface area contributed by atoms with Crippen molar-refractivity contribution in [3.05, 3.63) is 69.8 Å². The van der Waals surface area contributed by atoms with Crippen molar-refractivity contribution in [2.24, 2.45) is 0 Å². The summed E-state index contributed by atoms with van der Waals surface area (Å²) < 4.78 is 0. The molecule has 0 aliphatic rings. The largest absolute Gasteiger partial charge is 0.477 e. The van der Waals surface area contributed by atoms with Gasteiger partial charge in [-0.2, -0.15) is 0 Å². The van der Waals surface area contributed by atoms with Crippen LogP contribution in [0.1, 0.15) is 23.0 Å². The number of carboxylic acids is 1. The zero-order valence-corrected chi connectivity index (χ0v) is 16.5. The summed E-state index contributed by atoms with van der Waals surface area (Å²) in [5.74, 6) is -0.867. The van der Waals surface area contributed by atoms with Crippen molar-refractivity contribution < 1.29 is 14.7 Å². The van der Waals surface area contributed by atoms with E-state index >= 15 is 0 Å². The molecule has 0 saturated heterocycles. The maximum absolute atomic E-state index is 12.8. The fourth-order valence-electron chi connectivity index (χ4n) is 2.82. The monoisotopic (exact) mass is 417 g/mol. The quantitative estimate of drug-likeness (QED) is 0.613. The Hall–Kier alpha value is -2.83. The van der Waals surface area contributed by atoms with Crippen LogP contribution < -0.4 is 10.2 Å². The lowest BCUT2D eigenvalue weighted by Gasteiger charge is -2.22. The fraction of sp³-hybridized carbons (Fsp3) is 0.150. The normalized spacial score (nSPS) is 10.7. The van der Waals surface area contributed by atoms with Gasteiger partial charge in [-0.3, -0.25) is 4.90 Å². The Bertz CT molecular complexity index is 1060. The van der Waals surface area contributed by atoms with Crippen molar-refractivity contribution >= 4 is 51.8 Å². The number of carboxylic acid groups (broad SMARTS) is 1. The highest BCUT2D eigenvalue weighted by molar-refractivity contribution is 6.35. The van der Waals surface area contributed by atoms with E-state index in [2.05, 4.69) is 10.3 Å². The maximum atomic E-state index is 12.8. The summed E-state index contributed by atoms with van der Waals surface area (Å²) in [7, 11) is 0. The lowest BCUT2D eigenvalue weighted by atomic mass is 10.1. The first-order valence-electron chi connectivity index (χ1n) is 8.53. The molecule has 6 nitrogen and oxygen atoms in total. The van der Waals surface area contributed by atoms with E-state index in [1.807, 2.05) is 6.07 Å². The SMILES string of the molecule is CCN(C(=O)NCc1ccc(Cl)cc1Cl)c1nc(C(=O)O)cc2ccccc12. The minimum Gasteiger partial charge on any atom is -0.477 e. The van der Waals surface area contributed by atoms with Crippen molar-refractivity contribution in [3.63, 3.8) is 0 Å². The molecule has 2 amide bonds. The van der Waals surface area contributed by atoms with Crippen LogP contribution in [0.15, 0.2) is 48.5 Å². The highest BCUT2D eigenvalue weighted by atomic mass is 35.5. The lowest BCUT2D eigenvalue weighted by molar-refractivity contribution is 0.0690. The first-order chi connectivity index (χ1) is 13.4. The number of urea groups is 1. The Balaban J connectivity index is 1.92. The molecular weight excluding hydrogens is 401 g/mol. The van der Waals surface area contributed by atoms with Crippen LogP contribution in [0.4, 0.5) is 10.6 Å². The number of nitrogens with zero attached hydrogens (tertiary/aromatic N) is 2. The number of aromatic carboxylic acids is 1. The van der Waals surface area contributed by atoms with E-state index in [4.69, 9.17) is 23.2 Å². The van der Waals surface area contributed by atoms with Gasteiger partial charge in [0.2, 0.25) is 0 Å². The fourth-order valence-corrected chi connectivity index (χ4v) is 3.29. The molecule has 2 N–H and O–H groups in total.